The predicted octanol–water partition coefficient (Wildman–Crippen LogP) is 2.30. The van der Waals surface area contributed by atoms with E-state index in [9.17, 15) is 24.6 Å². The van der Waals surface area contributed by atoms with E-state index >= 15 is 0 Å². The third kappa shape index (κ3) is 4.45. The fraction of sp³-hybridized carbons (Fsp3) is 0.444. The maximum Gasteiger partial charge on any atom is 0.242 e. The molecule has 5 rings (SSSR count). The largest absolute Gasteiger partial charge is 0.550 e. The Morgan fingerprint density at radius 3 is 2.34 bits per heavy atom. The maximum atomic E-state index is 13.4. The molecule has 1 aliphatic carbocycles. The molecule has 3 heterocycles. The number of furan rings is 1. The summed E-state index contributed by atoms with van der Waals surface area (Å²) in [5.74, 6) is -2.68. The van der Waals surface area contributed by atoms with E-state index in [-0.39, 0.29) is 18.0 Å². The number of piperidine rings is 1. The Hall–Kier alpha value is -3.55. The van der Waals surface area contributed by atoms with Crippen molar-refractivity contribution in [2.75, 3.05) is 13.1 Å². The van der Waals surface area contributed by atoms with Gasteiger partial charge in [-0.3, -0.25) is 4.79 Å². The van der Waals surface area contributed by atoms with Gasteiger partial charge in [0.1, 0.15) is 6.54 Å². The number of hydrogen-bond acceptors (Lipinski definition) is 6. The van der Waals surface area contributed by atoms with Gasteiger partial charge in [0.2, 0.25) is 5.91 Å². The monoisotopic (exact) mass is 476 g/mol. The van der Waals surface area contributed by atoms with Crippen molar-refractivity contribution in [3.63, 3.8) is 0 Å². The fourth-order valence-corrected chi connectivity index (χ4v) is 5.78. The molecule has 0 bridgehead atoms. The highest BCUT2D eigenvalue weighted by molar-refractivity contribution is 5.98. The standard InChI is InChI=1S/C27H30N2O6/c30-23(28-11-8-18(9-12-28)26(31)32)15-29-22-14-19(27(33)34)6-7-21(22)24(17-4-2-1-3-5-17)25(29)20-10-13-35-16-20/h6-7,10,13-14,16-18H,1-5,8-9,11-12,15H2,(H,31,32)(H,33,34)/p-2. The summed E-state index contributed by atoms with van der Waals surface area (Å²) < 4.78 is 7.31. The predicted molar refractivity (Wildman–Crippen MR) is 124 cm³/mol. The first kappa shape index (κ1) is 23.2. The lowest BCUT2D eigenvalue weighted by atomic mass is 9.82. The molecule has 1 saturated carbocycles. The van der Waals surface area contributed by atoms with E-state index in [1.807, 2.05) is 16.7 Å². The van der Waals surface area contributed by atoms with Gasteiger partial charge in [0.15, 0.2) is 0 Å². The van der Waals surface area contributed by atoms with Crippen LogP contribution in [-0.2, 0) is 16.1 Å². The summed E-state index contributed by atoms with van der Waals surface area (Å²) >= 11 is 0. The molecule has 1 aromatic carbocycles. The number of hydrogen-bond donors (Lipinski definition) is 0. The zero-order chi connectivity index (χ0) is 24.5. The number of aromatic nitrogens is 1. The lowest BCUT2D eigenvalue weighted by Gasteiger charge is -2.32. The maximum absolute atomic E-state index is 13.4. The van der Waals surface area contributed by atoms with Crippen LogP contribution in [0.3, 0.4) is 0 Å². The van der Waals surface area contributed by atoms with Crippen molar-refractivity contribution < 1.29 is 29.0 Å². The highest BCUT2D eigenvalue weighted by Crippen LogP contribution is 2.44. The summed E-state index contributed by atoms with van der Waals surface area (Å²) in [6, 6.07) is 6.86. The molecule has 0 radical (unpaired) electrons. The van der Waals surface area contributed by atoms with Crippen LogP contribution in [0.2, 0.25) is 0 Å². The number of aromatic carboxylic acids is 1. The van der Waals surface area contributed by atoms with E-state index in [4.69, 9.17) is 4.42 Å². The molecule has 1 amide bonds. The summed E-state index contributed by atoms with van der Waals surface area (Å²) in [6.45, 7) is 0.741. The van der Waals surface area contributed by atoms with E-state index in [0.717, 1.165) is 47.9 Å². The number of rotatable bonds is 6. The van der Waals surface area contributed by atoms with E-state index in [2.05, 4.69) is 0 Å². The SMILES string of the molecule is O=C([O-])c1ccc2c(C3CCCCC3)c(-c3ccoc3)n(CC(=O)N3CCC(C(=O)[O-])CC3)c2c1. The Labute approximate surface area is 203 Å². The van der Waals surface area contributed by atoms with E-state index in [1.165, 1.54) is 6.42 Å². The van der Waals surface area contributed by atoms with Crippen LogP contribution in [0.25, 0.3) is 22.2 Å². The molecular weight excluding hydrogens is 448 g/mol. The van der Waals surface area contributed by atoms with E-state index in [0.29, 0.717) is 37.4 Å². The molecule has 0 unspecified atom stereocenters. The number of carboxylic acids is 2. The average Bonchev–Trinajstić information content (AvgIpc) is 3.50. The van der Waals surface area contributed by atoms with Gasteiger partial charge in [-0.1, -0.05) is 31.4 Å². The number of carboxylic acid groups (broad SMARTS) is 2. The molecule has 8 nitrogen and oxygen atoms in total. The molecule has 35 heavy (non-hydrogen) atoms. The van der Waals surface area contributed by atoms with Gasteiger partial charge in [-0.25, -0.2) is 0 Å². The third-order valence-corrected chi connectivity index (χ3v) is 7.62. The van der Waals surface area contributed by atoms with Gasteiger partial charge in [-0.2, -0.15) is 0 Å². The second-order valence-corrected chi connectivity index (χ2v) is 9.69. The second-order valence-electron chi connectivity index (χ2n) is 9.69. The van der Waals surface area contributed by atoms with Gasteiger partial charge < -0.3 is 33.7 Å². The fourth-order valence-electron chi connectivity index (χ4n) is 5.78. The summed E-state index contributed by atoms with van der Waals surface area (Å²) in [6.07, 6.45) is 9.54. The number of fused-ring (bicyclic) bond motifs is 1. The smallest absolute Gasteiger partial charge is 0.242 e. The highest BCUT2D eigenvalue weighted by atomic mass is 16.4. The zero-order valence-corrected chi connectivity index (χ0v) is 19.5. The number of carbonyl (C=O) groups excluding carboxylic acids is 3. The first-order chi connectivity index (χ1) is 16.9. The molecule has 8 heteroatoms. The molecule has 0 N–H and O–H groups in total. The van der Waals surface area contributed by atoms with Crippen molar-refractivity contribution in [2.45, 2.75) is 57.4 Å². The number of aliphatic carboxylic acids is 1. The quantitative estimate of drug-likeness (QED) is 0.539. The lowest BCUT2D eigenvalue weighted by molar-refractivity contribution is -0.312. The first-order valence-electron chi connectivity index (χ1n) is 12.3. The number of carbonyl (C=O) groups is 3. The minimum absolute atomic E-state index is 0.0240. The second kappa shape index (κ2) is 9.60. The van der Waals surface area contributed by atoms with Crippen LogP contribution >= 0.6 is 0 Å². The molecule has 2 fully saturated rings. The molecular formula is C27H28N2O6-2. The normalized spacial score (nSPS) is 17.7. The lowest BCUT2D eigenvalue weighted by Crippen LogP contribution is -2.44. The summed E-state index contributed by atoms with van der Waals surface area (Å²) in [5.41, 5.74) is 3.61. The average molecular weight is 477 g/mol. The first-order valence-corrected chi connectivity index (χ1v) is 12.3. The van der Waals surface area contributed by atoms with Crippen LogP contribution in [0.15, 0.2) is 41.2 Å². The van der Waals surface area contributed by atoms with Gasteiger partial charge in [0.25, 0.3) is 0 Å². The van der Waals surface area contributed by atoms with Crippen LogP contribution < -0.4 is 10.2 Å². The Morgan fingerprint density at radius 2 is 1.71 bits per heavy atom. The van der Waals surface area contributed by atoms with E-state index < -0.39 is 17.9 Å². The summed E-state index contributed by atoms with van der Waals surface area (Å²) in [4.78, 5) is 38.0. The van der Waals surface area contributed by atoms with Gasteiger partial charge in [0.05, 0.1) is 24.2 Å². The number of benzene rings is 1. The summed E-state index contributed by atoms with van der Waals surface area (Å²) in [7, 11) is 0. The van der Waals surface area contributed by atoms with Crippen molar-refractivity contribution in [1.82, 2.24) is 9.47 Å². The van der Waals surface area contributed by atoms with Crippen LogP contribution in [0.4, 0.5) is 0 Å². The van der Waals surface area contributed by atoms with Gasteiger partial charge >= 0.3 is 0 Å². The van der Waals surface area contributed by atoms with Crippen LogP contribution in [0.5, 0.6) is 0 Å². The van der Waals surface area contributed by atoms with Crippen molar-refractivity contribution in [3.05, 3.63) is 47.9 Å². The topological polar surface area (TPSA) is 119 Å². The van der Waals surface area contributed by atoms with Crippen molar-refractivity contribution in [3.8, 4) is 11.3 Å². The minimum Gasteiger partial charge on any atom is -0.550 e. The molecule has 184 valence electrons. The van der Waals surface area contributed by atoms with Crippen molar-refractivity contribution >= 4 is 28.7 Å². The van der Waals surface area contributed by atoms with Crippen molar-refractivity contribution in [1.29, 1.82) is 0 Å². The molecule has 0 atom stereocenters. The Balaban J connectivity index is 1.60. The van der Waals surface area contributed by atoms with Crippen LogP contribution in [0, 0.1) is 5.92 Å². The molecule has 2 aromatic heterocycles. The van der Waals surface area contributed by atoms with Crippen molar-refractivity contribution in [2.24, 2.45) is 5.92 Å². The van der Waals surface area contributed by atoms with Crippen LogP contribution in [0.1, 0.15) is 66.8 Å². The number of amides is 1. The van der Waals surface area contributed by atoms with Gasteiger partial charge in [-0.15, -0.1) is 0 Å². The molecule has 0 spiro atoms. The number of nitrogens with zero attached hydrogens (tertiary/aromatic N) is 2. The minimum atomic E-state index is -1.26. The highest BCUT2D eigenvalue weighted by Gasteiger charge is 2.29. The molecule has 1 saturated heterocycles. The molecule has 2 aliphatic rings. The Bertz CT molecular complexity index is 1240. The summed E-state index contributed by atoms with van der Waals surface area (Å²) in [5, 5.41) is 23.8. The number of likely N-dealkylation sites (tertiary alicyclic amines) is 1. The molecule has 1 aliphatic heterocycles. The zero-order valence-electron chi connectivity index (χ0n) is 19.5. The molecule has 3 aromatic rings. The van der Waals surface area contributed by atoms with Gasteiger partial charge in [-0.05, 0) is 54.9 Å². The Kier molecular flexibility index (Phi) is 6.36. The van der Waals surface area contributed by atoms with E-state index in [1.54, 1.807) is 29.6 Å². The third-order valence-electron chi connectivity index (χ3n) is 7.62. The Morgan fingerprint density at radius 1 is 0.971 bits per heavy atom. The van der Waals surface area contributed by atoms with Crippen LogP contribution in [-0.4, -0.2) is 40.4 Å². The van der Waals surface area contributed by atoms with Gasteiger partial charge in [0, 0.05) is 41.4 Å².